The normalized spacial score (nSPS) is 16.6. The molecule has 0 radical (unpaired) electrons. The Balaban J connectivity index is 1.64. The summed E-state index contributed by atoms with van der Waals surface area (Å²) in [5, 5.41) is 11.3. The number of aromatic nitrogens is 2. The third-order valence-electron chi connectivity index (χ3n) is 4.67. The highest BCUT2D eigenvalue weighted by molar-refractivity contribution is 6.30. The number of carbonyl (C=O) groups is 1. The van der Waals surface area contributed by atoms with Gasteiger partial charge in [-0.25, -0.2) is 4.68 Å². The summed E-state index contributed by atoms with van der Waals surface area (Å²) >= 11 is 5.90. The number of rotatable bonds is 6. The largest absolute Gasteiger partial charge is 0.384 e. The molecule has 0 aliphatic carbocycles. The lowest BCUT2D eigenvalue weighted by Gasteiger charge is -2.37. The highest BCUT2D eigenvalue weighted by Crippen LogP contribution is 2.28. The Morgan fingerprint density at radius 1 is 1.36 bits per heavy atom. The maximum Gasteiger partial charge on any atom is 0.254 e. The number of carbonyl (C=O) groups excluding carboxylic acids is 1. The van der Waals surface area contributed by atoms with Gasteiger partial charge in [0.25, 0.3) is 5.91 Å². The first-order valence-corrected chi connectivity index (χ1v) is 8.78. The van der Waals surface area contributed by atoms with Gasteiger partial charge < -0.3 is 15.4 Å². The maximum absolute atomic E-state index is 12.5. The summed E-state index contributed by atoms with van der Waals surface area (Å²) in [6.45, 7) is 3.16. The molecular formula is C18H23ClN4O2. The van der Waals surface area contributed by atoms with Crippen molar-refractivity contribution in [1.82, 2.24) is 20.4 Å². The number of methoxy groups -OCH3 is 1. The Kier molecular flexibility index (Phi) is 5.73. The van der Waals surface area contributed by atoms with Crippen LogP contribution in [0, 0.1) is 5.41 Å². The molecule has 2 heterocycles. The van der Waals surface area contributed by atoms with Gasteiger partial charge in [-0.05, 0) is 50.2 Å². The summed E-state index contributed by atoms with van der Waals surface area (Å²) in [5.74, 6) is -0.116. The van der Waals surface area contributed by atoms with Crippen molar-refractivity contribution in [2.24, 2.45) is 5.41 Å². The number of piperidine rings is 1. The number of ether oxygens (including phenoxy) is 1. The summed E-state index contributed by atoms with van der Waals surface area (Å²) < 4.78 is 7.06. The zero-order valence-corrected chi connectivity index (χ0v) is 15.1. The van der Waals surface area contributed by atoms with Crippen molar-refractivity contribution in [2.45, 2.75) is 12.8 Å². The number of halogens is 1. The number of hydrogen-bond acceptors (Lipinski definition) is 4. The van der Waals surface area contributed by atoms with Crippen LogP contribution in [0.15, 0.2) is 36.7 Å². The van der Waals surface area contributed by atoms with Crippen molar-refractivity contribution < 1.29 is 9.53 Å². The Morgan fingerprint density at radius 2 is 2.08 bits per heavy atom. The maximum atomic E-state index is 12.5. The van der Waals surface area contributed by atoms with Crippen molar-refractivity contribution in [2.75, 3.05) is 33.4 Å². The molecule has 1 saturated heterocycles. The lowest BCUT2D eigenvalue weighted by molar-refractivity contribution is 0.0512. The van der Waals surface area contributed by atoms with E-state index in [0.717, 1.165) is 31.6 Å². The standard InChI is InChI=1S/C18H23ClN4O2/c1-25-13-18(6-8-20-9-7-18)12-21-17(24)14-10-22-23(11-14)16-4-2-15(19)3-5-16/h2-5,10-11,20H,6-9,12-13H2,1H3,(H,21,24). The predicted octanol–water partition coefficient (Wildman–Crippen LogP) is 2.27. The van der Waals surface area contributed by atoms with Crippen LogP contribution in [0.2, 0.25) is 5.02 Å². The molecular weight excluding hydrogens is 340 g/mol. The molecule has 1 fully saturated rings. The minimum atomic E-state index is -0.116. The minimum Gasteiger partial charge on any atom is -0.384 e. The number of nitrogens with one attached hydrogen (secondary N) is 2. The van der Waals surface area contributed by atoms with Gasteiger partial charge in [0.2, 0.25) is 0 Å². The molecule has 0 spiro atoms. The molecule has 25 heavy (non-hydrogen) atoms. The Morgan fingerprint density at radius 3 is 2.76 bits per heavy atom. The first-order chi connectivity index (χ1) is 12.1. The van der Waals surface area contributed by atoms with Gasteiger partial charge in [0.15, 0.2) is 0 Å². The van der Waals surface area contributed by atoms with Crippen molar-refractivity contribution >= 4 is 17.5 Å². The van der Waals surface area contributed by atoms with E-state index in [1.807, 2.05) is 12.1 Å². The molecule has 2 aromatic rings. The average Bonchev–Trinajstić information content (AvgIpc) is 3.12. The second-order valence-electron chi connectivity index (χ2n) is 6.52. The van der Waals surface area contributed by atoms with Crippen LogP contribution in [0.3, 0.4) is 0 Å². The highest BCUT2D eigenvalue weighted by atomic mass is 35.5. The van der Waals surface area contributed by atoms with Gasteiger partial charge >= 0.3 is 0 Å². The van der Waals surface area contributed by atoms with E-state index in [2.05, 4.69) is 15.7 Å². The second-order valence-corrected chi connectivity index (χ2v) is 6.95. The van der Waals surface area contributed by atoms with Gasteiger partial charge in [0.05, 0.1) is 24.1 Å². The van der Waals surface area contributed by atoms with Crippen LogP contribution in [0.5, 0.6) is 0 Å². The number of benzene rings is 1. The second kappa shape index (κ2) is 7.99. The Hall–Kier alpha value is -1.89. The molecule has 134 valence electrons. The fraction of sp³-hybridized carbons (Fsp3) is 0.444. The molecule has 1 amide bonds. The van der Waals surface area contributed by atoms with Gasteiger partial charge in [-0.15, -0.1) is 0 Å². The predicted molar refractivity (Wildman–Crippen MR) is 97.3 cm³/mol. The molecule has 6 nitrogen and oxygen atoms in total. The van der Waals surface area contributed by atoms with Crippen LogP contribution < -0.4 is 10.6 Å². The van der Waals surface area contributed by atoms with E-state index in [1.54, 1.807) is 36.3 Å². The van der Waals surface area contributed by atoms with Crippen LogP contribution in [-0.2, 0) is 4.74 Å². The topological polar surface area (TPSA) is 68.2 Å². The van der Waals surface area contributed by atoms with E-state index in [4.69, 9.17) is 16.3 Å². The van der Waals surface area contributed by atoms with Crippen LogP contribution in [-0.4, -0.2) is 49.0 Å². The summed E-state index contributed by atoms with van der Waals surface area (Å²) in [5.41, 5.74) is 1.40. The summed E-state index contributed by atoms with van der Waals surface area (Å²) in [6, 6.07) is 7.31. The van der Waals surface area contributed by atoms with E-state index in [-0.39, 0.29) is 11.3 Å². The molecule has 0 saturated carbocycles. The molecule has 3 rings (SSSR count). The third kappa shape index (κ3) is 4.39. The zero-order chi connectivity index (χ0) is 17.7. The lowest BCUT2D eigenvalue weighted by atomic mass is 9.79. The molecule has 1 aliphatic heterocycles. The molecule has 1 aromatic carbocycles. The molecule has 7 heteroatoms. The fourth-order valence-electron chi connectivity index (χ4n) is 3.18. The number of hydrogen-bond donors (Lipinski definition) is 2. The summed E-state index contributed by atoms with van der Waals surface area (Å²) in [7, 11) is 1.71. The first-order valence-electron chi connectivity index (χ1n) is 8.40. The van der Waals surface area contributed by atoms with Gasteiger partial charge in [-0.1, -0.05) is 11.6 Å². The van der Waals surface area contributed by atoms with Crippen molar-refractivity contribution in [3.8, 4) is 5.69 Å². The van der Waals surface area contributed by atoms with Crippen molar-refractivity contribution in [1.29, 1.82) is 0 Å². The van der Waals surface area contributed by atoms with Crippen LogP contribution >= 0.6 is 11.6 Å². The molecule has 0 atom stereocenters. The van der Waals surface area contributed by atoms with Gasteiger partial charge in [0, 0.05) is 30.3 Å². The zero-order valence-electron chi connectivity index (χ0n) is 14.3. The van der Waals surface area contributed by atoms with Gasteiger partial charge in [0.1, 0.15) is 0 Å². The molecule has 2 N–H and O–H groups in total. The van der Waals surface area contributed by atoms with Crippen LogP contribution in [0.25, 0.3) is 5.69 Å². The minimum absolute atomic E-state index is 0.00182. The van der Waals surface area contributed by atoms with Gasteiger partial charge in [-0.3, -0.25) is 4.79 Å². The van der Waals surface area contributed by atoms with Crippen LogP contribution in [0.1, 0.15) is 23.2 Å². The first kappa shape index (κ1) is 17.9. The van der Waals surface area contributed by atoms with E-state index in [9.17, 15) is 4.79 Å². The average molecular weight is 363 g/mol. The monoisotopic (exact) mass is 362 g/mol. The van der Waals surface area contributed by atoms with Crippen molar-refractivity contribution in [3.05, 3.63) is 47.2 Å². The van der Waals surface area contributed by atoms with Gasteiger partial charge in [-0.2, -0.15) is 5.10 Å². The molecule has 0 unspecified atom stereocenters. The Labute approximate surface area is 152 Å². The molecule has 0 bridgehead atoms. The SMILES string of the molecule is COCC1(CNC(=O)c2cnn(-c3ccc(Cl)cc3)c2)CCNCC1. The summed E-state index contributed by atoms with van der Waals surface area (Å²) in [4.78, 5) is 12.5. The third-order valence-corrected chi connectivity index (χ3v) is 4.93. The smallest absolute Gasteiger partial charge is 0.254 e. The quantitative estimate of drug-likeness (QED) is 0.827. The van der Waals surface area contributed by atoms with E-state index >= 15 is 0 Å². The van der Waals surface area contributed by atoms with Crippen molar-refractivity contribution in [3.63, 3.8) is 0 Å². The number of nitrogens with zero attached hydrogens (tertiary/aromatic N) is 2. The lowest BCUT2D eigenvalue weighted by Crippen LogP contribution is -2.47. The van der Waals surface area contributed by atoms with Crippen LogP contribution in [0.4, 0.5) is 0 Å². The molecule has 1 aromatic heterocycles. The summed E-state index contributed by atoms with van der Waals surface area (Å²) in [6.07, 6.45) is 5.29. The highest BCUT2D eigenvalue weighted by Gasteiger charge is 2.32. The van der Waals surface area contributed by atoms with E-state index in [0.29, 0.717) is 23.7 Å². The molecule has 1 aliphatic rings. The van der Waals surface area contributed by atoms with E-state index in [1.165, 1.54) is 0 Å². The Bertz CT molecular complexity index is 703. The number of amides is 1. The van der Waals surface area contributed by atoms with E-state index < -0.39 is 0 Å². The fourth-order valence-corrected chi connectivity index (χ4v) is 3.31.